The monoisotopic (exact) mass is 388 g/mol. The van der Waals surface area contributed by atoms with Gasteiger partial charge in [-0.25, -0.2) is 4.79 Å². The summed E-state index contributed by atoms with van der Waals surface area (Å²) in [6.07, 6.45) is 1.78. The summed E-state index contributed by atoms with van der Waals surface area (Å²) in [6, 6.07) is 12.9. The normalized spacial score (nSPS) is 15.1. The maximum atomic E-state index is 12.9. The lowest BCUT2D eigenvalue weighted by atomic mass is 9.97. The van der Waals surface area contributed by atoms with E-state index in [0.29, 0.717) is 16.5 Å². The molecule has 4 aromatic rings. The van der Waals surface area contributed by atoms with Crippen LogP contribution in [0.3, 0.4) is 0 Å². The first-order chi connectivity index (χ1) is 13.9. The van der Waals surface area contributed by atoms with Gasteiger partial charge < -0.3 is 15.0 Å². The molecule has 1 atom stereocenters. The minimum Gasteiger partial charge on any atom is -0.508 e. The molecule has 0 radical (unpaired) electrons. The van der Waals surface area contributed by atoms with Gasteiger partial charge in [0.05, 0.1) is 34.0 Å². The predicted octanol–water partition coefficient (Wildman–Crippen LogP) is 2.56. The average Bonchev–Trinajstić information content (AvgIpc) is 3.11. The summed E-state index contributed by atoms with van der Waals surface area (Å²) in [6.45, 7) is 1.92. The molecule has 2 N–H and O–H groups in total. The Morgan fingerprint density at radius 3 is 2.55 bits per heavy atom. The minimum absolute atomic E-state index is 0.164. The number of hydrogen-bond donors (Lipinski definition) is 2. The third-order valence-electron chi connectivity index (χ3n) is 5.69. The number of phenols is 1. The van der Waals surface area contributed by atoms with Crippen LogP contribution < -0.4 is 16.6 Å². The van der Waals surface area contributed by atoms with Crippen molar-refractivity contribution in [3.8, 4) is 11.4 Å². The fraction of sp³-hybridized carbons (Fsp3) is 0.182. The molecular formula is C22H20N4O3. The number of rotatable bonds is 1. The molecule has 1 aliphatic heterocycles. The maximum Gasteiger partial charge on any atom is 0.331 e. The van der Waals surface area contributed by atoms with Gasteiger partial charge in [-0.15, -0.1) is 0 Å². The third kappa shape index (κ3) is 2.30. The van der Waals surface area contributed by atoms with E-state index in [-0.39, 0.29) is 17.0 Å². The zero-order valence-corrected chi connectivity index (χ0v) is 16.3. The highest BCUT2D eigenvalue weighted by atomic mass is 16.3. The van der Waals surface area contributed by atoms with Gasteiger partial charge >= 0.3 is 5.69 Å². The molecule has 7 heteroatoms. The largest absolute Gasteiger partial charge is 0.508 e. The molecule has 0 saturated carbocycles. The van der Waals surface area contributed by atoms with E-state index in [0.717, 1.165) is 27.2 Å². The Labute approximate surface area is 166 Å². The van der Waals surface area contributed by atoms with Gasteiger partial charge in [-0.1, -0.05) is 24.3 Å². The number of nitrogens with zero attached hydrogens (tertiary/aromatic N) is 3. The van der Waals surface area contributed by atoms with E-state index < -0.39 is 6.04 Å². The van der Waals surface area contributed by atoms with Gasteiger partial charge in [-0.2, -0.15) is 0 Å². The Bertz CT molecular complexity index is 1420. The molecule has 7 nitrogen and oxygen atoms in total. The number of aromatic hydroxyl groups is 1. The van der Waals surface area contributed by atoms with Crippen molar-refractivity contribution in [3.63, 3.8) is 0 Å². The van der Waals surface area contributed by atoms with E-state index >= 15 is 0 Å². The van der Waals surface area contributed by atoms with E-state index in [9.17, 15) is 14.7 Å². The number of hydrogen-bond acceptors (Lipinski definition) is 4. The van der Waals surface area contributed by atoms with Crippen molar-refractivity contribution in [3.05, 3.63) is 86.3 Å². The molecule has 0 aliphatic carbocycles. The number of phenolic OH excluding ortho intramolecular Hbond substituents is 1. The van der Waals surface area contributed by atoms with Gasteiger partial charge in [0, 0.05) is 25.9 Å². The molecule has 0 spiro atoms. The molecule has 0 amide bonds. The third-order valence-corrected chi connectivity index (χ3v) is 5.69. The van der Waals surface area contributed by atoms with Crippen LogP contribution in [0.15, 0.2) is 58.3 Å². The van der Waals surface area contributed by atoms with Crippen molar-refractivity contribution in [1.29, 1.82) is 0 Å². The second kappa shape index (κ2) is 5.88. The van der Waals surface area contributed by atoms with Crippen molar-refractivity contribution in [1.82, 2.24) is 13.7 Å². The lowest BCUT2D eigenvalue weighted by Gasteiger charge is -2.30. The Balaban J connectivity index is 1.94. The van der Waals surface area contributed by atoms with Gasteiger partial charge in [0.15, 0.2) is 0 Å². The van der Waals surface area contributed by atoms with Crippen LogP contribution in [0.5, 0.6) is 5.75 Å². The lowest BCUT2D eigenvalue weighted by molar-refractivity contribution is 0.465. The van der Waals surface area contributed by atoms with Crippen molar-refractivity contribution >= 4 is 16.6 Å². The summed E-state index contributed by atoms with van der Waals surface area (Å²) in [5.74, 6) is 0.164. The van der Waals surface area contributed by atoms with Crippen LogP contribution >= 0.6 is 0 Å². The van der Waals surface area contributed by atoms with Crippen LogP contribution in [-0.4, -0.2) is 18.8 Å². The van der Waals surface area contributed by atoms with E-state index in [4.69, 9.17) is 0 Å². The summed E-state index contributed by atoms with van der Waals surface area (Å²) in [5, 5.41) is 14.6. The summed E-state index contributed by atoms with van der Waals surface area (Å²) >= 11 is 0. The van der Waals surface area contributed by atoms with Crippen LogP contribution in [0.2, 0.25) is 0 Å². The summed E-state index contributed by atoms with van der Waals surface area (Å²) in [7, 11) is 3.15. The first kappa shape index (κ1) is 17.4. The van der Waals surface area contributed by atoms with Crippen molar-refractivity contribution in [2.75, 3.05) is 5.32 Å². The maximum absolute atomic E-state index is 12.9. The van der Waals surface area contributed by atoms with E-state index in [1.54, 1.807) is 19.3 Å². The second-order valence-electron chi connectivity index (χ2n) is 7.51. The molecule has 0 bridgehead atoms. The second-order valence-corrected chi connectivity index (χ2v) is 7.51. The lowest BCUT2D eigenvalue weighted by Crippen LogP contribution is -2.37. The molecule has 2 aromatic carbocycles. The average molecular weight is 388 g/mol. The van der Waals surface area contributed by atoms with E-state index in [1.807, 2.05) is 47.9 Å². The molecule has 0 fully saturated rings. The van der Waals surface area contributed by atoms with Crippen molar-refractivity contribution < 1.29 is 5.11 Å². The Morgan fingerprint density at radius 1 is 1.03 bits per heavy atom. The molecule has 1 aliphatic rings. The number of benzene rings is 2. The topological polar surface area (TPSA) is 81.2 Å². The van der Waals surface area contributed by atoms with Gasteiger partial charge in [-0.3, -0.25) is 13.9 Å². The fourth-order valence-corrected chi connectivity index (χ4v) is 4.24. The quantitative estimate of drug-likeness (QED) is 0.525. The zero-order valence-electron chi connectivity index (χ0n) is 16.3. The van der Waals surface area contributed by atoms with Gasteiger partial charge in [0.2, 0.25) is 0 Å². The van der Waals surface area contributed by atoms with E-state index in [2.05, 4.69) is 5.32 Å². The standard InChI is InChI=1S/C22H20N4O3/c1-12-8-9-13(17(27)10-12)18-20-19-14(21(28)25(3)22(29)24(19)2)11-26(20)16-7-5-4-6-15(16)23-18/h4-11,18,23,27H,1-3H3. The van der Waals surface area contributed by atoms with Gasteiger partial charge in [0.25, 0.3) is 5.56 Å². The number of fused-ring (bicyclic) bond motifs is 5. The highest BCUT2D eigenvalue weighted by Crippen LogP contribution is 2.42. The molecule has 29 heavy (non-hydrogen) atoms. The van der Waals surface area contributed by atoms with Crippen LogP contribution in [0.25, 0.3) is 16.6 Å². The Kier molecular flexibility index (Phi) is 3.52. The summed E-state index contributed by atoms with van der Waals surface area (Å²) < 4.78 is 4.56. The number of aromatic nitrogens is 3. The van der Waals surface area contributed by atoms with Crippen LogP contribution in [-0.2, 0) is 14.1 Å². The Morgan fingerprint density at radius 2 is 1.79 bits per heavy atom. The molecule has 146 valence electrons. The van der Waals surface area contributed by atoms with Gasteiger partial charge in [0.1, 0.15) is 5.75 Å². The first-order valence-electron chi connectivity index (χ1n) is 9.35. The van der Waals surface area contributed by atoms with Crippen LogP contribution in [0.4, 0.5) is 5.69 Å². The fourth-order valence-electron chi connectivity index (χ4n) is 4.24. The SMILES string of the molecule is Cc1ccc(C2Nc3ccccc3-n3cc4c(=O)n(C)c(=O)n(C)c4c32)c(O)c1. The highest BCUT2D eigenvalue weighted by Gasteiger charge is 2.32. The first-order valence-corrected chi connectivity index (χ1v) is 9.35. The molecule has 5 rings (SSSR count). The number of anilines is 1. The highest BCUT2D eigenvalue weighted by molar-refractivity contribution is 5.86. The van der Waals surface area contributed by atoms with Crippen molar-refractivity contribution in [2.24, 2.45) is 14.1 Å². The summed E-state index contributed by atoms with van der Waals surface area (Å²) in [4.78, 5) is 25.5. The predicted molar refractivity (Wildman–Crippen MR) is 112 cm³/mol. The molecule has 0 saturated heterocycles. The Hall–Kier alpha value is -3.74. The molecule has 2 aromatic heterocycles. The number of aryl methyl sites for hydroxylation is 2. The summed E-state index contributed by atoms with van der Waals surface area (Å²) in [5.41, 5.74) is 3.98. The zero-order chi connectivity index (χ0) is 20.4. The van der Waals surface area contributed by atoms with E-state index in [1.165, 1.54) is 11.6 Å². The minimum atomic E-state index is -0.430. The van der Waals surface area contributed by atoms with Crippen molar-refractivity contribution in [2.45, 2.75) is 13.0 Å². The van der Waals surface area contributed by atoms with Gasteiger partial charge in [-0.05, 0) is 30.7 Å². The smallest absolute Gasteiger partial charge is 0.331 e. The van der Waals surface area contributed by atoms with Crippen LogP contribution in [0.1, 0.15) is 22.9 Å². The number of para-hydroxylation sites is 2. The van der Waals surface area contributed by atoms with Crippen LogP contribution in [0, 0.1) is 6.92 Å². The molecular weight excluding hydrogens is 368 g/mol. The molecule has 3 heterocycles. The number of nitrogens with one attached hydrogen (secondary N) is 1. The molecule has 1 unspecified atom stereocenters.